The van der Waals surface area contributed by atoms with Crippen LogP contribution in [0.2, 0.25) is 0 Å². The fourth-order valence-electron chi connectivity index (χ4n) is 5.10. The molecule has 1 aromatic rings. The Morgan fingerprint density at radius 1 is 0.966 bits per heavy atom. The van der Waals surface area contributed by atoms with Crippen molar-refractivity contribution in [2.75, 3.05) is 0 Å². The molecular formula is C23H35N3O3. The Morgan fingerprint density at radius 3 is 2.03 bits per heavy atom. The molecule has 5 N–H and O–H groups in total. The third-order valence-electron chi connectivity index (χ3n) is 7.26. The molecule has 1 saturated heterocycles. The second kappa shape index (κ2) is 8.44. The topological polar surface area (TPSA) is 104 Å². The number of hydrogen-bond donors (Lipinski definition) is 4. The van der Waals surface area contributed by atoms with Crippen molar-refractivity contribution in [3.8, 4) is 0 Å². The summed E-state index contributed by atoms with van der Waals surface area (Å²) in [6, 6.07) is 8.51. The van der Waals surface area contributed by atoms with E-state index in [2.05, 4.69) is 41.8 Å². The standard InChI is InChI=1S/C23H35N3O3/c1-13-19(26-20(21(24)27)14(2)25-13)17-7-5-15(6-8-17)16-9-11-18(12-10-16)23(3,4)22(28)29/h5-8,13-14,16,18-20,25-26H,9-12H2,1-4H3,(H2,24,27)(H,28,29)/t13-,14-,16?,18?,19+,20-/m1/s1. The molecule has 0 bridgehead atoms. The highest BCUT2D eigenvalue weighted by molar-refractivity contribution is 5.81. The zero-order valence-corrected chi connectivity index (χ0v) is 17.9. The van der Waals surface area contributed by atoms with E-state index in [9.17, 15) is 14.7 Å². The van der Waals surface area contributed by atoms with Crippen LogP contribution >= 0.6 is 0 Å². The maximum atomic E-state index is 11.7. The van der Waals surface area contributed by atoms with Gasteiger partial charge in [0.15, 0.2) is 0 Å². The van der Waals surface area contributed by atoms with Crippen LogP contribution in [0.15, 0.2) is 24.3 Å². The Labute approximate surface area is 173 Å². The maximum absolute atomic E-state index is 11.7. The lowest BCUT2D eigenvalue weighted by Crippen LogP contribution is -2.64. The highest BCUT2D eigenvalue weighted by Gasteiger charge is 2.39. The van der Waals surface area contributed by atoms with Gasteiger partial charge >= 0.3 is 5.97 Å². The number of amides is 1. The molecule has 160 valence electrons. The number of piperazine rings is 1. The molecule has 4 atom stereocenters. The first kappa shape index (κ1) is 21.8. The molecule has 1 saturated carbocycles. The second-order valence-electron chi connectivity index (χ2n) is 9.51. The number of carboxylic acid groups (broad SMARTS) is 1. The first-order valence-electron chi connectivity index (χ1n) is 10.8. The molecule has 2 fully saturated rings. The zero-order valence-electron chi connectivity index (χ0n) is 17.9. The van der Waals surface area contributed by atoms with E-state index in [4.69, 9.17) is 5.73 Å². The average Bonchev–Trinajstić information content (AvgIpc) is 2.68. The molecule has 0 aromatic heterocycles. The van der Waals surface area contributed by atoms with E-state index in [-0.39, 0.29) is 36.0 Å². The van der Waals surface area contributed by atoms with Crippen LogP contribution in [0.5, 0.6) is 0 Å². The third-order valence-corrected chi connectivity index (χ3v) is 7.26. The molecule has 1 aliphatic carbocycles. The SMILES string of the molecule is C[C@H]1N[C@H](C)[C@H](C(N)=O)N[C@@H]1c1ccc(C2CCC(C(C)(C)C(=O)O)CC2)cc1. The number of carbonyl (C=O) groups is 2. The van der Waals surface area contributed by atoms with Crippen LogP contribution in [0.4, 0.5) is 0 Å². The first-order valence-corrected chi connectivity index (χ1v) is 10.8. The molecule has 0 spiro atoms. The number of carboxylic acids is 1. The minimum atomic E-state index is -0.698. The van der Waals surface area contributed by atoms with Gasteiger partial charge < -0.3 is 16.2 Å². The molecular weight excluding hydrogens is 366 g/mol. The molecule has 6 heteroatoms. The van der Waals surface area contributed by atoms with Crippen molar-refractivity contribution in [1.29, 1.82) is 0 Å². The molecule has 0 radical (unpaired) electrons. The van der Waals surface area contributed by atoms with Gasteiger partial charge in [0.25, 0.3) is 0 Å². The highest BCUT2D eigenvalue weighted by Crippen LogP contribution is 2.43. The van der Waals surface area contributed by atoms with Crippen LogP contribution in [-0.2, 0) is 9.59 Å². The molecule has 1 aliphatic heterocycles. The van der Waals surface area contributed by atoms with Gasteiger partial charge in [-0.05, 0) is 76.3 Å². The molecule has 0 unspecified atom stereocenters. The number of hydrogen-bond acceptors (Lipinski definition) is 4. The molecule has 1 aromatic carbocycles. The van der Waals surface area contributed by atoms with Gasteiger partial charge in [-0.1, -0.05) is 24.3 Å². The summed E-state index contributed by atoms with van der Waals surface area (Å²) in [5.41, 5.74) is 7.36. The summed E-state index contributed by atoms with van der Waals surface area (Å²) in [4.78, 5) is 23.3. The Morgan fingerprint density at radius 2 is 1.52 bits per heavy atom. The lowest BCUT2D eigenvalue weighted by atomic mass is 9.67. The summed E-state index contributed by atoms with van der Waals surface area (Å²) < 4.78 is 0. The quantitative estimate of drug-likeness (QED) is 0.607. The van der Waals surface area contributed by atoms with E-state index in [1.165, 1.54) is 5.56 Å². The lowest BCUT2D eigenvalue weighted by molar-refractivity contribution is -0.151. The first-order chi connectivity index (χ1) is 13.6. The van der Waals surface area contributed by atoms with Gasteiger partial charge in [-0.2, -0.15) is 0 Å². The summed E-state index contributed by atoms with van der Waals surface area (Å²) in [7, 11) is 0. The van der Waals surface area contributed by atoms with E-state index >= 15 is 0 Å². The van der Waals surface area contributed by atoms with Crippen LogP contribution in [-0.4, -0.2) is 35.1 Å². The number of aliphatic carboxylic acids is 1. The number of rotatable bonds is 5. The second-order valence-corrected chi connectivity index (χ2v) is 9.51. The van der Waals surface area contributed by atoms with Crippen molar-refractivity contribution in [3.63, 3.8) is 0 Å². The van der Waals surface area contributed by atoms with E-state index in [0.29, 0.717) is 5.92 Å². The molecule has 6 nitrogen and oxygen atoms in total. The summed E-state index contributed by atoms with van der Waals surface area (Å²) in [6.45, 7) is 7.79. The van der Waals surface area contributed by atoms with E-state index in [1.54, 1.807) is 0 Å². The van der Waals surface area contributed by atoms with Crippen molar-refractivity contribution < 1.29 is 14.7 Å². The highest BCUT2D eigenvalue weighted by atomic mass is 16.4. The van der Waals surface area contributed by atoms with Gasteiger partial charge in [0.1, 0.15) is 6.04 Å². The summed E-state index contributed by atoms with van der Waals surface area (Å²) in [5.74, 6) is -0.309. The molecule has 3 rings (SSSR count). The van der Waals surface area contributed by atoms with Crippen LogP contribution in [0.1, 0.15) is 76.5 Å². The number of nitrogens with one attached hydrogen (secondary N) is 2. The Bertz CT molecular complexity index is 738. The van der Waals surface area contributed by atoms with Crippen molar-refractivity contribution >= 4 is 11.9 Å². The fourth-order valence-corrected chi connectivity index (χ4v) is 5.10. The molecule has 1 heterocycles. The average molecular weight is 402 g/mol. The van der Waals surface area contributed by atoms with Gasteiger partial charge in [0.2, 0.25) is 5.91 Å². The van der Waals surface area contributed by atoms with Crippen molar-refractivity contribution in [3.05, 3.63) is 35.4 Å². The van der Waals surface area contributed by atoms with Crippen LogP contribution in [0.25, 0.3) is 0 Å². The molecule has 1 amide bonds. The van der Waals surface area contributed by atoms with Crippen molar-refractivity contribution in [1.82, 2.24) is 10.6 Å². The zero-order chi connectivity index (χ0) is 21.3. The predicted octanol–water partition coefficient (Wildman–Crippen LogP) is 2.94. The molecule has 2 aliphatic rings. The normalized spacial score (nSPS) is 33.2. The Hall–Kier alpha value is -1.92. The number of benzene rings is 1. The monoisotopic (exact) mass is 401 g/mol. The van der Waals surface area contributed by atoms with Crippen LogP contribution < -0.4 is 16.4 Å². The molecule has 29 heavy (non-hydrogen) atoms. The van der Waals surface area contributed by atoms with Gasteiger partial charge in [-0.15, -0.1) is 0 Å². The van der Waals surface area contributed by atoms with E-state index in [0.717, 1.165) is 31.2 Å². The number of primary amides is 1. The van der Waals surface area contributed by atoms with Crippen molar-refractivity contribution in [2.24, 2.45) is 17.1 Å². The smallest absolute Gasteiger partial charge is 0.309 e. The third kappa shape index (κ3) is 4.48. The Balaban J connectivity index is 1.65. The summed E-state index contributed by atoms with van der Waals surface area (Å²) in [5, 5.41) is 16.3. The van der Waals surface area contributed by atoms with Gasteiger partial charge in [-0.3, -0.25) is 14.9 Å². The van der Waals surface area contributed by atoms with Crippen LogP contribution in [0.3, 0.4) is 0 Å². The summed E-state index contributed by atoms with van der Waals surface area (Å²) in [6.07, 6.45) is 3.97. The predicted molar refractivity (Wildman–Crippen MR) is 113 cm³/mol. The fraction of sp³-hybridized carbons (Fsp3) is 0.652. The Kier molecular flexibility index (Phi) is 6.34. The van der Waals surface area contributed by atoms with Gasteiger partial charge in [-0.25, -0.2) is 0 Å². The van der Waals surface area contributed by atoms with E-state index in [1.807, 2.05) is 20.8 Å². The van der Waals surface area contributed by atoms with Crippen molar-refractivity contribution in [2.45, 2.75) is 83.5 Å². The van der Waals surface area contributed by atoms with Gasteiger partial charge in [0, 0.05) is 18.1 Å². The number of nitrogens with two attached hydrogens (primary N) is 1. The minimum absolute atomic E-state index is 0.00302. The summed E-state index contributed by atoms with van der Waals surface area (Å²) >= 11 is 0. The number of carbonyl (C=O) groups excluding carboxylic acids is 1. The largest absolute Gasteiger partial charge is 0.481 e. The minimum Gasteiger partial charge on any atom is -0.481 e. The maximum Gasteiger partial charge on any atom is 0.309 e. The lowest BCUT2D eigenvalue weighted by Gasteiger charge is -2.40. The van der Waals surface area contributed by atoms with Crippen LogP contribution in [0, 0.1) is 11.3 Å². The van der Waals surface area contributed by atoms with E-state index < -0.39 is 11.4 Å². The van der Waals surface area contributed by atoms with Gasteiger partial charge in [0.05, 0.1) is 5.41 Å².